The van der Waals surface area contributed by atoms with Gasteiger partial charge in [0.25, 0.3) is 0 Å². The molecule has 0 aromatic rings. The van der Waals surface area contributed by atoms with Crippen molar-refractivity contribution in [3.63, 3.8) is 0 Å². The van der Waals surface area contributed by atoms with E-state index >= 15 is 0 Å². The predicted molar refractivity (Wildman–Crippen MR) is 61.9 cm³/mol. The van der Waals surface area contributed by atoms with Crippen LogP contribution < -0.4 is 0 Å². The summed E-state index contributed by atoms with van der Waals surface area (Å²) in [4.78, 5) is 0. The van der Waals surface area contributed by atoms with E-state index in [0.717, 1.165) is 5.92 Å². The monoisotopic (exact) mass is 193 g/mol. The summed E-state index contributed by atoms with van der Waals surface area (Å²) in [5.74, 6) is 2.80. The molecule has 0 aromatic carbocycles. The SMILES string of the molecule is CC(C)(C)[C]1CC2CCC1(C)C2(C)C. The summed E-state index contributed by atoms with van der Waals surface area (Å²) >= 11 is 0. The van der Waals surface area contributed by atoms with E-state index in [-0.39, 0.29) is 0 Å². The smallest absolute Gasteiger partial charge is 0.0120 e. The largest absolute Gasteiger partial charge is 0.0596 e. The summed E-state index contributed by atoms with van der Waals surface area (Å²) in [7, 11) is 0. The van der Waals surface area contributed by atoms with Gasteiger partial charge in [-0.05, 0) is 47.3 Å². The topological polar surface area (TPSA) is 0 Å². The van der Waals surface area contributed by atoms with E-state index in [4.69, 9.17) is 0 Å². The van der Waals surface area contributed by atoms with E-state index in [2.05, 4.69) is 41.5 Å². The molecule has 0 heterocycles. The number of rotatable bonds is 0. The fraction of sp³-hybridized carbons (Fsp3) is 0.929. The summed E-state index contributed by atoms with van der Waals surface area (Å²) in [5.41, 5.74) is 1.49. The van der Waals surface area contributed by atoms with Crippen molar-refractivity contribution < 1.29 is 0 Å². The molecule has 0 heteroatoms. The molecule has 2 atom stereocenters. The summed E-state index contributed by atoms with van der Waals surface area (Å²) in [6.07, 6.45) is 4.29. The Balaban J connectivity index is 2.37. The zero-order chi connectivity index (χ0) is 10.8. The van der Waals surface area contributed by atoms with E-state index in [9.17, 15) is 0 Å². The van der Waals surface area contributed by atoms with Gasteiger partial charge in [-0.3, -0.25) is 0 Å². The molecule has 2 aliphatic rings. The Morgan fingerprint density at radius 1 is 1.14 bits per heavy atom. The van der Waals surface area contributed by atoms with E-state index < -0.39 is 0 Å². The average molecular weight is 193 g/mol. The molecule has 0 amide bonds. The van der Waals surface area contributed by atoms with Crippen LogP contribution in [0.3, 0.4) is 0 Å². The first-order chi connectivity index (χ1) is 6.19. The van der Waals surface area contributed by atoms with Crippen molar-refractivity contribution in [1.82, 2.24) is 0 Å². The molecule has 2 unspecified atom stereocenters. The highest BCUT2D eigenvalue weighted by Crippen LogP contribution is 2.72. The minimum atomic E-state index is 0.418. The highest BCUT2D eigenvalue weighted by Gasteiger charge is 2.63. The normalized spacial score (nSPS) is 42.0. The molecule has 2 aliphatic carbocycles. The molecule has 2 rings (SSSR count). The lowest BCUT2D eigenvalue weighted by molar-refractivity contribution is 0.137. The van der Waals surface area contributed by atoms with Gasteiger partial charge < -0.3 is 0 Å². The minimum absolute atomic E-state index is 0.418. The third-order valence-electron chi connectivity index (χ3n) is 5.46. The highest BCUT2D eigenvalue weighted by molar-refractivity contribution is 5.27. The van der Waals surface area contributed by atoms with Crippen LogP contribution in [-0.2, 0) is 0 Å². The van der Waals surface area contributed by atoms with Crippen molar-refractivity contribution in [1.29, 1.82) is 0 Å². The molecule has 2 fully saturated rings. The van der Waals surface area contributed by atoms with Gasteiger partial charge in [-0.1, -0.05) is 41.5 Å². The molecule has 1 radical (unpaired) electrons. The Bertz CT molecular complexity index is 243. The summed E-state index contributed by atoms with van der Waals surface area (Å²) in [5, 5.41) is 0. The van der Waals surface area contributed by atoms with Crippen LogP contribution in [0.25, 0.3) is 0 Å². The Morgan fingerprint density at radius 2 is 1.71 bits per heavy atom. The van der Waals surface area contributed by atoms with Crippen molar-refractivity contribution in [3.05, 3.63) is 5.92 Å². The van der Waals surface area contributed by atoms with Crippen molar-refractivity contribution in [2.75, 3.05) is 0 Å². The average Bonchev–Trinajstić information content (AvgIpc) is 2.32. The third-order valence-corrected chi connectivity index (χ3v) is 5.46. The van der Waals surface area contributed by atoms with Gasteiger partial charge in [0.15, 0.2) is 0 Å². The predicted octanol–water partition coefficient (Wildman–Crippen LogP) is 4.45. The first kappa shape index (κ1) is 10.5. The van der Waals surface area contributed by atoms with Crippen molar-refractivity contribution in [2.24, 2.45) is 22.2 Å². The number of fused-ring (bicyclic) bond motifs is 2. The quantitative estimate of drug-likeness (QED) is 0.533. The van der Waals surface area contributed by atoms with Crippen LogP contribution in [0.2, 0.25) is 0 Å². The Morgan fingerprint density at radius 3 is 1.93 bits per heavy atom. The number of hydrogen-bond donors (Lipinski definition) is 0. The first-order valence-electron chi connectivity index (χ1n) is 6.06. The van der Waals surface area contributed by atoms with Gasteiger partial charge in [-0.2, -0.15) is 0 Å². The molecule has 0 N–H and O–H groups in total. The van der Waals surface area contributed by atoms with Gasteiger partial charge in [0.2, 0.25) is 0 Å². The molecule has 0 aromatic heterocycles. The van der Waals surface area contributed by atoms with Crippen LogP contribution in [0.4, 0.5) is 0 Å². The third kappa shape index (κ3) is 1.06. The van der Waals surface area contributed by atoms with Gasteiger partial charge in [0.05, 0.1) is 0 Å². The second-order valence-electron chi connectivity index (χ2n) is 7.22. The van der Waals surface area contributed by atoms with Crippen LogP contribution in [0.1, 0.15) is 60.8 Å². The molecule has 2 bridgehead atoms. The molecular formula is C14H25. The van der Waals surface area contributed by atoms with Crippen LogP contribution in [0.5, 0.6) is 0 Å². The Kier molecular flexibility index (Phi) is 1.93. The maximum atomic E-state index is 2.51. The van der Waals surface area contributed by atoms with Crippen LogP contribution in [0, 0.1) is 28.1 Å². The second kappa shape index (κ2) is 2.57. The zero-order valence-corrected chi connectivity index (χ0v) is 10.7. The van der Waals surface area contributed by atoms with Crippen LogP contribution >= 0.6 is 0 Å². The molecule has 0 saturated heterocycles. The van der Waals surface area contributed by atoms with Gasteiger partial charge >= 0.3 is 0 Å². The Hall–Kier alpha value is 0. The van der Waals surface area contributed by atoms with E-state index in [1.807, 2.05) is 5.92 Å². The van der Waals surface area contributed by atoms with Crippen LogP contribution in [-0.4, -0.2) is 0 Å². The first-order valence-corrected chi connectivity index (χ1v) is 6.06. The molecule has 81 valence electrons. The lowest BCUT2D eigenvalue weighted by Gasteiger charge is -2.45. The summed E-state index contributed by atoms with van der Waals surface area (Å²) < 4.78 is 0. The van der Waals surface area contributed by atoms with E-state index in [1.165, 1.54) is 19.3 Å². The standard InChI is InChI=1S/C14H25/c1-12(2,3)11-9-10-7-8-14(11,6)13(10,4)5/h10H,7-9H2,1-6H3. The molecule has 0 nitrogen and oxygen atoms in total. The van der Waals surface area contributed by atoms with E-state index in [0.29, 0.717) is 16.2 Å². The van der Waals surface area contributed by atoms with Crippen molar-refractivity contribution in [2.45, 2.75) is 60.8 Å². The fourth-order valence-corrected chi connectivity index (χ4v) is 4.10. The Labute approximate surface area is 89.5 Å². The van der Waals surface area contributed by atoms with Gasteiger partial charge in [0, 0.05) is 0 Å². The van der Waals surface area contributed by atoms with Crippen molar-refractivity contribution in [3.8, 4) is 0 Å². The van der Waals surface area contributed by atoms with Gasteiger partial charge in [-0.25, -0.2) is 0 Å². The summed E-state index contributed by atoms with van der Waals surface area (Å²) in [6.45, 7) is 14.7. The molecule has 0 spiro atoms. The van der Waals surface area contributed by atoms with Crippen LogP contribution in [0.15, 0.2) is 0 Å². The number of hydrogen-bond acceptors (Lipinski definition) is 0. The highest BCUT2D eigenvalue weighted by atomic mass is 14.7. The maximum absolute atomic E-state index is 2.51. The lowest BCUT2D eigenvalue weighted by atomic mass is 9.60. The zero-order valence-electron chi connectivity index (χ0n) is 10.7. The second-order valence-corrected chi connectivity index (χ2v) is 7.22. The molecule has 2 saturated carbocycles. The maximum Gasteiger partial charge on any atom is -0.0120 e. The van der Waals surface area contributed by atoms with E-state index in [1.54, 1.807) is 0 Å². The van der Waals surface area contributed by atoms with Crippen molar-refractivity contribution >= 4 is 0 Å². The fourth-order valence-electron chi connectivity index (χ4n) is 4.10. The molecule has 0 aliphatic heterocycles. The molecule has 14 heavy (non-hydrogen) atoms. The van der Waals surface area contributed by atoms with Gasteiger partial charge in [-0.15, -0.1) is 0 Å². The minimum Gasteiger partial charge on any atom is -0.0596 e. The van der Waals surface area contributed by atoms with Gasteiger partial charge in [0.1, 0.15) is 0 Å². The summed E-state index contributed by atoms with van der Waals surface area (Å²) in [6, 6.07) is 0. The molecular weight excluding hydrogens is 168 g/mol. The lowest BCUT2D eigenvalue weighted by Crippen LogP contribution is -2.36.